The van der Waals surface area contributed by atoms with Crippen LogP contribution >= 0.6 is 15.9 Å². The Balaban J connectivity index is 3.24. The van der Waals surface area contributed by atoms with Gasteiger partial charge in [-0.15, -0.1) is 0 Å². The molecule has 0 fully saturated rings. The molecule has 4 heteroatoms. The summed E-state index contributed by atoms with van der Waals surface area (Å²) in [5.74, 6) is 0.242. The third-order valence-electron chi connectivity index (χ3n) is 2.15. The highest BCUT2D eigenvalue weighted by atomic mass is 79.9. The van der Waals surface area contributed by atoms with E-state index in [4.69, 9.17) is 9.47 Å². The van der Waals surface area contributed by atoms with Crippen LogP contribution in [0.25, 0.3) is 0 Å². The Bertz CT molecular complexity index is 388. The smallest absolute Gasteiger partial charge is 0.341 e. The number of carbonyl (C=O) groups is 1. The molecule has 0 unspecified atom stereocenters. The van der Waals surface area contributed by atoms with Crippen LogP contribution in [0.1, 0.15) is 28.4 Å². The van der Waals surface area contributed by atoms with Gasteiger partial charge in [-0.05, 0) is 25.5 Å². The van der Waals surface area contributed by atoms with Crippen LogP contribution in [-0.2, 0) is 10.1 Å². The average Bonchev–Trinajstić information content (AvgIpc) is 2.28. The molecular weight excluding hydrogens is 272 g/mol. The van der Waals surface area contributed by atoms with E-state index in [0.717, 1.165) is 11.1 Å². The fourth-order valence-corrected chi connectivity index (χ4v) is 1.97. The summed E-state index contributed by atoms with van der Waals surface area (Å²) in [6, 6.07) is 3.76. The highest BCUT2D eigenvalue weighted by Gasteiger charge is 2.17. The molecule has 0 amide bonds. The molecule has 0 spiro atoms. The van der Waals surface area contributed by atoms with Gasteiger partial charge >= 0.3 is 5.97 Å². The number of hydrogen-bond donors (Lipinski definition) is 0. The molecule has 0 bridgehead atoms. The summed E-state index contributed by atoms with van der Waals surface area (Å²) in [4.78, 5) is 11.7. The SMILES string of the molecule is CCOC(=O)c1cc(C)cc(CBr)c1OC. The molecule has 0 aromatic heterocycles. The minimum absolute atomic E-state index is 0.342. The second-order valence-corrected chi connectivity index (χ2v) is 3.92. The van der Waals surface area contributed by atoms with E-state index in [1.165, 1.54) is 0 Å². The molecule has 3 nitrogen and oxygen atoms in total. The number of benzene rings is 1. The molecule has 0 aliphatic heterocycles. The summed E-state index contributed by atoms with van der Waals surface area (Å²) in [5, 5.41) is 0.643. The average molecular weight is 287 g/mol. The van der Waals surface area contributed by atoms with Gasteiger partial charge in [0.1, 0.15) is 11.3 Å². The lowest BCUT2D eigenvalue weighted by molar-refractivity contribution is 0.0522. The van der Waals surface area contributed by atoms with Gasteiger partial charge in [0.2, 0.25) is 0 Å². The Morgan fingerprint density at radius 1 is 1.44 bits per heavy atom. The molecule has 1 aromatic rings. The first-order valence-electron chi connectivity index (χ1n) is 5.04. The number of hydrogen-bond acceptors (Lipinski definition) is 3. The molecule has 16 heavy (non-hydrogen) atoms. The summed E-state index contributed by atoms with van der Waals surface area (Å²) in [6.07, 6.45) is 0. The van der Waals surface area contributed by atoms with Gasteiger partial charge in [-0.25, -0.2) is 4.79 Å². The van der Waals surface area contributed by atoms with Crippen LogP contribution in [0.4, 0.5) is 0 Å². The fourth-order valence-electron chi connectivity index (χ4n) is 1.55. The Labute approximate surface area is 104 Å². The van der Waals surface area contributed by atoms with Crippen molar-refractivity contribution >= 4 is 21.9 Å². The summed E-state index contributed by atoms with van der Waals surface area (Å²) >= 11 is 3.37. The highest BCUT2D eigenvalue weighted by molar-refractivity contribution is 9.08. The number of methoxy groups -OCH3 is 1. The third kappa shape index (κ3) is 2.76. The number of halogens is 1. The van der Waals surface area contributed by atoms with E-state index in [1.807, 2.05) is 13.0 Å². The minimum atomic E-state index is -0.342. The number of aryl methyl sites for hydroxylation is 1. The van der Waals surface area contributed by atoms with Crippen LogP contribution in [0.5, 0.6) is 5.75 Å². The number of esters is 1. The van der Waals surface area contributed by atoms with Gasteiger partial charge in [-0.2, -0.15) is 0 Å². The zero-order chi connectivity index (χ0) is 12.1. The van der Waals surface area contributed by atoms with Crippen LogP contribution in [-0.4, -0.2) is 19.7 Å². The Morgan fingerprint density at radius 2 is 2.12 bits per heavy atom. The van der Waals surface area contributed by atoms with Gasteiger partial charge in [-0.3, -0.25) is 0 Å². The minimum Gasteiger partial charge on any atom is -0.496 e. The molecule has 0 aliphatic rings. The Kier molecular flexibility index (Phi) is 4.80. The van der Waals surface area contributed by atoms with E-state index < -0.39 is 0 Å². The first-order valence-corrected chi connectivity index (χ1v) is 6.16. The Morgan fingerprint density at radius 3 is 2.62 bits per heavy atom. The molecule has 88 valence electrons. The molecule has 1 rings (SSSR count). The van der Waals surface area contributed by atoms with E-state index in [-0.39, 0.29) is 5.97 Å². The maximum atomic E-state index is 11.7. The van der Waals surface area contributed by atoms with Gasteiger partial charge in [0.05, 0.1) is 13.7 Å². The van der Waals surface area contributed by atoms with E-state index in [2.05, 4.69) is 15.9 Å². The van der Waals surface area contributed by atoms with Crippen LogP contribution in [0.2, 0.25) is 0 Å². The van der Waals surface area contributed by atoms with Crippen molar-refractivity contribution in [3.05, 3.63) is 28.8 Å². The number of rotatable bonds is 4. The summed E-state index contributed by atoms with van der Waals surface area (Å²) in [7, 11) is 1.56. The number of alkyl halides is 1. The van der Waals surface area contributed by atoms with Crippen LogP contribution < -0.4 is 4.74 Å². The van der Waals surface area contributed by atoms with Crippen LogP contribution in [0.3, 0.4) is 0 Å². The first kappa shape index (κ1) is 13.0. The number of carbonyl (C=O) groups excluding carboxylic acids is 1. The van der Waals surface area contributed by atoms with E-state index in [1.54, 1.807) is 20.1 Å². The molecular formula is C12H15BrO3. The molecule has 0 saturated carbocycles. The lowest BCUT2D eigenvalue weighted by atomic mass is 10.1. The second kappa shape index (κ2) is 5.89. The van der Waals surface area contributed by atoms with Crippen molar-refractivity contribution in [1.29, 1.82) is 0 Å². The van der Waals surface area contributed by atoms with Crippen LogP contribution in [0.15, 0.2) is 12.1 Å². The van der Waals surface area contributed by atoms with Crippen LogP contribution in [0, 0.1) is 6.92 Å². The van der Waals surface area contributed by atoms with Crippen molar-refractivity contribution in [3.8, 4) is 5.75 Å². The molecule has 1 aromatic carbocycles. The lowest BCUT2D eigenvalue weighted by Gasteiger charge is -2.12. The lowest BCUT2D eigenvalue weighted by Crippen LogP contribution is -2.08. The molecule has 0 heterocycles. The predicted octanol–water partition coefficient (Wildman–Crippen LogP) is 3.08. The largest absolute Gasteiger partial charge is 0.496 e. The standard InChI is InChI=1S/C12H15BrO3/c1-4-16-12(14)10-6-8(2)5-9(7-13)11(10)15-3/h5-6H,4,7H2,1-3H3. The van der Waals surface area contributed by atoms with Crippen molar-refractivity contribution in [2.75, 3.05) is 13.7 Å². The summed E-state index contributed by atoms with van der Waals surface area (Å²) < 4.78 is 10.2. The highest BCUT2D eigenvalue weighted by Crippen LogP contribution is 2.28. The zero-order valence-corrected chi connectivity index (χ0v) is 11.3. The summed E-state index contributed by atoms with van der Waals surface area (Å²) in [5.41, 5.74) is 2.45. The summed E-state index contributed by atoms with van der Waals surface area (Å²) in [6.45, 7) is 4.08. The normalized spacial score (nSPS) is 10.0. The van der Waals surface area contributed by atoms with Crippen molar-refractivity contribution < 1.29 is 14.3 Å². The maximum absolute atomic E-state index is 11.7. The second-order valence-electron chi connectivity index (χ2n) is 3.36. The van der Waals surface area contributed by atoms with Gasteiger partial charge < -0.3 is 9.47 Å². The molecule has 0 N–H and O–H groups in total. The van der Waals surface area contributed by atoms with E-state index in [0.29, 0.717) is 23.2 Å². The molecule has 0 atom stereocenters. The van der Waals surface area contributed by atoms with Crippen molar-refractivity contribution in [2.45, 2.75) is 19.2 Å². The predicted molar refractivity (Wildman–Crippen MR) is 66.3 cm³/mol. The third-order valence-corrected chi connectivity index (χ3v) is 2.76. The first-order chi connectivity index (χ1) is 7.63. The molecule has 0 saturated heterocycles. The van der Waals surface area contributed by atoms with Gasteiger partial charge in [0, 0.05) is 10.9 Å². The monoisotopic (exact) mass is 286 g/mol. The number of ether oxygens (including phenoxy) is 2. The van der Waals surface area contributed by atoms with E-state index >= 15 is 0 Å². The van der Waals surface area contributed by atoms with E-state index in [9.17, 15) is 4.79 Å². The zero-order valence-electron chi connectivity index (χ0n) is 9.67. The van der Waals surface area contributed by atoms with Crippen molar-refractivity contribution in [2.24, 2.45) is 0 Å². The maximum Gasteiger partial charge on any atom is 0.341 e. The molecule has 0 aliphatic carbocycles. The Hall–Kier alpha value is -1.03. The topological polar surface area (TPSA) is 35.5 Å². The van der Waals surface area contributed by atoms with Crippen molar-refractivity contribution in [3.63, 3.8) is 0 Å². The fraction of sp³-hybridized carbons (Fsp3) is 0.417. The molecule has 0 radical (unpaired) electrons. The van der Waals surface area contributed by atoms with Gasteiger partial charge in [-0.1, -0.05) is 22.0 Å². The quantitative estimate of drug-likeness (QED) is 0.630. The van der Waals surface area contributed by atoms with Gasteiger partial charge in [0.15, 0.2) is 0 Å². The van der Waals surface area contributed by atoms with Gasteiger partial charge in [0.25, 0.3) is 0 Å². The van der Waals surface area contributed by atoms with Crippen molar-refractivity contribution in [1.82, 2.24) is 0 Å².